The van der Waals surface area contributed by atoms with E-state index in [0.29, 0.717) is 11.4 Å². The topological polar surface area (TPSA) is 57.7 Å². The normalized spacial score (nSPS) is 22.1. The molecule has 0 aromatic heterocycles. The minimum absolute atomic E-state index is 0.0108. The number of benzene rings is 1. The number of carbonyl (C=O) groups is 1. The van der Waals surface area contributed by atoms with Crippen molar-refractivity contribution in [2.75, 3.05) is 18.5 Å². The highest BCUT2D eigenvalue weighted by Gasteiger charge is 2.31. The lowest BCUT2D eigenvalue weighted by atomic mass is 9.96. The van der Waals surface area contributed by atoms with Crippen LogP contribution in [-0.4, -0.2) is 43.5 Å². The zero-order chi connectivity index (χ0) is 18.2. The summed E-state index contributed by atoms with van der Waals surface area (Å²) in [5.74, 6) is -0.0108. The summed E-state index contributed by atoms with van der Waals surface area (Å²) in [6.45, 7) is 4.26. The molecular formula is C18H26N2O3S2. The molecule has 1 aliphatic heterocycles. The molecule has 1 fully saturated rings. The van der Waals surface area contributed by atoms with Crippen LogP contribution < -0.4 is 4.90 Å². The van der Waals surface area contributed by atoms with Crippen molar-refractivity contribution in [3.05, 3.63) is 18.2 Å². The zero-order valence-corrected chi connectivity index (χ0v) is 16.7. The highest BCUT2D eigenvalue weighted by atomic mass is 32.2. The monoisotopic (exact) mass is 382 g/mol. The van der Waals surface area contributed by atoms with Crippen molar-refractivity contribution in [1.29, 1.82) is 0 Å². The minimum atomic E-state index is -3.51. The molecule has 0 saturated heterocycles. The largest absolute Gasteiger partial charge is 0.310 e. The van der Waals surface area contributed by atoms with Crippen molar-refractivity contribution in [2.24, 2.45) is 0 Å². The van der Waals surface area contributed by atoms with E-state index in [2.05, 4.69) is 6.92 Å². The molecule has 1 aromatic rings. The number of anilines is 1. The lowest BCUT2D eigenvalue weighted by Gasteiger charge is -2.33. The molecule has 2 aliphatic rings. The third kappa shape index (κ3) is 3.73. The van der Waals surface area contributed by atoms with Crippen LogP contribution in [0.25, 0.3) is 0 Å². The van der Waals surface area contributed by atoms with Crippen molar-refractivity contribution in [1.82, 2.24) is 4.31 Å². The van der Waals surface area contributed by atoms with Gasteiger partial charge in [0.15, 0.2) is 0 Å². The average molecular weight is 383 g/mol. The van der Waals surface area contributed by atoms with Gasteiger partial charge >= 0.3 is 0 Å². The Morgan fingerprint density at radius 3 is 2.56 bits per heavy atom. The number of rotatable bonds is 3. The first-order valence-electron chi connectivity index (χ1n) is 8.87. The van der Waals surface area contributed by atoms with E-state index >= 15 is 0 Å². The van der Waals surface area contributed by atoms with Crippen molar-refractivity contribution >= 4 is 33.4 Å². The molecule has 1 heterocycles. The second-order valence-corrected chi connectivity index (χ2v) is 10.5. The van der Waals surface area contributed by atoms with Gasteiger partial charge in [0.2, 0.25) is 15.9 Å². The van der Waals surface area contributed by atoms with Gasteiger partial charge in [-0.2, -0.15) is 4.31 Å². The van der Waals surface area contributed by atoms with Crippen LogP contribution in [0.15, 0.2) is 28.0 Å². The summed E-state index contributed by atoms with van der Waals surface area (Å²) in [4.78, 5) is 14.8. The van der Waals surface area contributed by atoms with Gasteiger partial charge in [-0.3, -0.25) is 4.79 Å². The lowest BCUT2D eigenvalue weighted by molar-refractivity contribution is -0.116. The highest BCUT2D eigenvalue weighted by molar-refractivity contribution is 8.00. The molecule has 1 atom stereocenters. The molecule has 1 aromatic carbocycles. The molecule has 25 heavy (non-hydrogen) atoms. The van der Waals surface area contributed by atoms with E-state index in [-0.39, 0.29) is 17.2 Å². The SMILES string of the molecule is CC(=O)N1CC(C)Sc2cc(S(=O)(=O)N(C)C3CCCCC3)ccc21. The van der Waals surface area contributed by atoms with E-state index in [1.54, 1.807) is 53.1 Å². The Balaban J connectivity index is 1.92. The third-order valence-electron chi connectivity index (χ3n) is 5.14. The highest BCUT2D eigenvalue weighted by Crippen LogP contribution is 2.40. The van der Waals surface area contributed by atoms with Gasteiger partial charge in [0.05, 0.1) is 10.6 Å². The van der Waals surface area contributed by atoms with Crippen LogP contribution in [-0.2, 0) is 14.8 Å². The maximum absolute atomic E-state index is 13.1. The summed E-state index contributed by atoms with van der Waals surface area (Å²) >= 11 is 1.63. The van der Waals surface area contributed by atoms with Crippen LogP contribution in [0.2, 0.25) is 0 Å². The predicted octanol–water partition coefficient (Wildman–Crippen LogP) is 3.49. The first kappa shape index (κ1) is 18.7. The summed E-state index contributed by atoms with van der Waals surface area (Å²) in [6, 6.07) is 5.24. The van der Waals surface area contributed by atoms with E-state index in [1.807, 2.05) is 0 Å². The molecular weight excluding hydrogens is 356 g/mol. The number of carbonyl (C=O) groups excluding carboxylic acids is 1. The Morgan fingerprint density at radius 2 is 1.92 bits per heavy atom. The minimum Gasteiger partial charge on any atom is -0.310 e. The molecule has 0 bridgehead atoms. The maximum Gasteiger partial charge on any atom is 0.243 e. The van der Waals surface area contributed by atoms with Gasteiger partial charge in [-0.25, -0.2) is 8.42 Å². The van der Waals surface area contributed by atoms with Crippen molar-refractivity contribution in [3.63, 3.8) is 0 Å². The second kappa shape index (κ2) is 7.29. The Labute approximate surface area is 154 Å². The van der Waals surface area contributed by atoms with Crippen molar-refractivity contribution < 1.29 is 13.2 Å². The predicted molar refractivity (Wildman–Crippen MR) is 102 cm³/mol. The first-order valence-corrected chi connectivity index (χ1v) is 11.2. The maximum atomic E-state index is 13.1. The average Bonchev–Trinajstić information content (AvgIpc) is 2.60. The summed E-state index contributed by atoms with van der Waals surface area (Å²) in [7, 11) is -1.81. The van der Waals surface area contributed by atoms with Gasteiger partial charge < -0.3 is 4.90 Å². The fourth-order valence-electron chi connectivity index (χ4n) is 3.69. The second-order valence-electron chi connectivity index (χ2n) is 7.00. The standard InChI is InChI=1S/C18H26N2O3S2/c1-13-12-20(14(2)21)17-10-9-16(11-18(17)24-13)25(22,23)19(3)15-7-5-4-6-8-15/h9-11,13,15H,4-8,12H2,1-3H3. The van der Waals surface area contributed by atoms with Crippen LogP contribution >= 0.6 is 11.8 Å². The molecule has 0 spiro atoms. The van der Waals surface area contributed by atoms with E-state index in [9.17, 15) is 13.2 Å². The van der Waals surface area contributed by atoms with Gasteiger partial charge in [0, 0.05) is 36.7 Å². The van der Waals surface area contributed by atoms with Crippen LogP contribution in [0.4, 0.5) is 5.69 Å². The Kier molecular flexibility index (Phi) is 5.46. The molecule has 0 radical (unpaired) electrons. The van der Waals surface area contributed by atoms with Crippen LogP contribution in [0, 0.1) is 0 Å². The Bertz CT molecular complexity index is 758. The summed E-state index contributed by atoms with van der Waals surface area (Å²) in [5.41, 5.74) is 0.815. The van der Waals surface area contributed by atoms with E-state index in [4.69, 9.17) is 0 Å². The zero-order valence-electron chi connectivity index (χ0n) is 15.1. The van der Waals surface area contributed by atoms with Gasteiger partial charge in [-0.1, -0.05) is 26.2 Å². The summed E-state index contributed by atoms with van der Waals surface area (Å²) < 4.78 is 27.6. The van der Waals surface area contributed by atoms with Crippen LogP contribution in [0.5, 0.6) is 0 Å². The number of fused-ring (bicyclic) bond motifs is 1. The van der Waals surface area contributed by atoms with Gasteiger partial charge in [-0.15, -0.1) is 11.8 Å². The van der Waals surface area contributed by atoms with E-state index in [0.717, 1.165) is 36.3 Å². The van der Waals surface area contributed by atoms with Crippen molar-refractivity contribution in [2.45, 2.75) is 67.0 Å². The van der Waals surface area contributed by atoms with Gasteiger partial charge in [0.1, 0.15) is 0 Å². The molecule has 1 saturated carbocycles. The Morgan fingerprint density at radius 1 is 1.24 bits per heavy atom. The third-order valence-corrected chi connectivity index (χ3v) is 8.17. The summed E-state index contributed by atoms with van der Waals surface area (Å²) in [5, 5.41) is 0.241. The summed E-state index contributed by atoms with van der Waals surface area (Å²) in [6.07, 6.45) is 5.25. The molecule has 1 aliphatic carbocycles. The molecule has 1 amide bonds. The molecule has 1 unspecified atom stereocenters. The van der Waals surface area contributed by atoms with Crippen LogP contribution in [0.3, 0.4) is 0 Å². The smallest absolute Gasteiger partial charge is 0.243 e. The number of thioether (sulfide) groups is 1. The molecule has 7 heteroatoms. The number of nitrogens with zero attached hydrogens (tertiary/aromatic N) is 2. The number of amides is 1. The fraction of sp³-hybridized carbons (Fsp3) is 0.611. The first-order chi connectivity index (χ1) is 11.8. The lowest BCUT2D eigenvalue weighted by Crippen LogP contribution is -2.39. The Hall–Kier alpha value is -1.05. The number of hydrogen-bond donors (Lipinski definition) is 0. The van der Waals surface area contributed by atoms with Gasteiger partial charge in [-0.05, 0) is 31.0 Å². The fourth-order valence-corrected chi connectivity index (χ4v) is 6.36. The van der Waals surface area contributed by atoms with Crippen LogP contribution in [0.1, 0.15) is 46.0 Å². The van der Waals surface area contributed by atoms with Crippen molar-refractivity contribution in [3.8, 4) is 0 Å². The quantitative estimate of drug-likeness (QED) is 0.803. The van der Waals surface area contributed by atoms with E-state index in [1.165, 1.54) is 6.42 Å². The van der Waals surface area contributed by atoms with Gasteiger partial charge in [0.25, 0.3) is 0 Å². The molecule has 138 valence electrons. The molecule has 5 nitrogen and oxygen atoms in total. The molecule has 3 rings (SSSR count). The van der Waals surface area contributed by atoms with E-state index < -0.39 is 10.0 Å². The number of hydrogen-bond acceptors (Lipinski definition) is 4. The number of sulfonamides is 1. The molecule has 0 N–H and O–H groups in total.